The first-order chi connectivity index (χ1) is 1.73. The number of carbonyl (C=O) groups is 1. The van der Waals surface area contributed by atoms with Gasteiger partial charge in [-0.3, -0.25) is 0 Å². The summed E-state index contributed by atoms with van der Waals surface area (Å²) >= 11 is 0. The summed E-state index contributed by atoms with van der Waals surface area (Å²) in [5, 5.41) is 16.7. The molecule has 0 unspecified atom stereocenters. The minimum Gasteiger partial charge on any atom is -1.00 e. The second-order valence-corrected chi connectivity index (χ2v) is 0.250. The topological polar surface area (TPSA) is 63.2 Å². The van der Waals surface area contributed by atoms with Crippen molar-refractivity contribution in [3.63, 3.8) is 0 Å². The summed E-state index contributed by atoms with van der Waals surface area (Å²) in [6.45, 7) is 0. The molecule has 0 atom stereocenters. The average Bonchev–Trinajstić information content (AvgIpc) is 0.811. The Morgan fingerprint density at radius 2 is 1.12 bits per heavy atom. The van der Waals surface area contributed by atoms with E-state index in [0.29, 0.717) is 0 Å². The van der Waals surface area contributed by atoms with Crippen LogP contribution in [-0.4, -0.2) is 6.16 Å². The average molecular weight is 371 g/mol. The van der Waals surface area contributed by atoms with Crippen molar-refractivity contribution in [3.05, 3.63) is 0 Å². The zero-order valence-electron chi connectivity index (χ0n) is 4.40. The first-order valence-electron chi connectivity index (χ1n) is 0.612. The van der Waals surface area contributed by atoms with Crippen LogP contribution in [0.2, 0.25) is 0 Å². The van der Waals surface area contributed by atoms with Crippen LogP contribution in [0.5, 0.6) is 0 Å². The summed E-state index contributed by atoms with van der Waals surface area (Å²) < 4.78 is 0. The number of hydrogen-bond donors (Lipinski definition) is 0. The Hall–Kier alpha value is 3.57. The Labute approximate surface area is 154 Å². The van der Waals surface area contributed by atoms with Crippen LogP contribution in [0.3, 0.4) is 0 Å². The molecule has 0 amide bonds. The van der Waals surface area contributed by atoms with Crippen LogP contribution in [0.1, 0.15) is 0 Å². The number of carboxylic acid groups (broad SMARTS) is 2. The van der Waals surface area contributed by atoms with Gasteiger partial charge in [-0.15, -0.1) is 0 Å². The summed E-state index contributed by atoms with van der Waals surface area (Å²) in [6, 6.07) is 0. The Kier molecular flexibility index (Phi) is 83.9. The molecule has 0 spiro atoms. The van der Waals surface area contributed by atoms with Crippen LogP contribution in [0.25, 0.3) is 0 Å². The van der Waals surface area contributed by atoms with Crippen LogP contribution in [0.4, 0.5) is 4.79 Å². The summed E-state index contributed by atoms with van der Waals surface area (Å²) in [6.07, 6.45) is -2.33. The molecule has 0 aromatic heterocycles. The standard InChI is InChI=1S/CH2O3.Au.ClH.2K/c2-1(3)4;;;;/h(H2,2,3,4);;1H;;/q;+1;;2*+1/p-3. The van der Waals surface area contributed by atoms with Crippen LogP contribution >= 0.6 is 0 Å². The minimum atomic E-state index is -2.33. The number of carbonyl (C=O) groups excluding carboxylic acids is 1. The number of hydrogen-bond acceptors (Lipinski definition) is 3. The predicted octanol–water partition coefficient (Wildman–Crippen LogP) is -11.4. The summed E-state index contributed by atoms with van der Waals surface area (Å²) in [5.41, 5.74) is 0. The largest absolute Gasteiger partial charge is 1.00 e. The second-order valence-electron chi connectivity index (χ2n) is 0.250. The molecule has 0 aliphatic carbocycles. The van der Waals surface area contributed by atoms with Crippen molar-refractivity contribution in [2.45, 2.75) is 0 Å². The van der Waals surface area contributed by atoms with E-state index in [1.807, 2.05) is 0 Å². The maximum absolute atomic E-state index is 8.33. The van der Waals surface area contributed by atoms with Crippen LogP contribution < -0.4 is 125 Å². The van der Waals surface area contributed by atoms with E-state index in [-0.39, 0.29) is 138 Å². The fourth-order valence-corrected chi connectivity index (χ4v) is 0. The van der Waals surface area contributed by atoms with Gasteiger partial charge in [0, 0.05) is 0 Å². The Morgan fingerprint density at radius 3 is 1.12 bits per heavy atom. The molecular formula is CAuClK2O3. The molecule has 0 N–H and O–H groups in total. The number of rotatable bonds is 0. The molecule has 3 nitrogen and oxygen atoms in total. The van der Waals surface area contributed by atoms with Gasteiger partial charge in [-0.1, -0.05) is 0 Å². The van der Waals surface area contributed by atoms with Crippen molar-refractivity contribution in [1.29, 1.82) is 0 Å². The van der Waals surface area contributed by atoms with Gasteiger partial charge in [-0.2, -0.15) is 0 Å². The summed E-state index contributed by atoms with van der Waals surface area (Å²) in [7, 11) is 0. The van der Waals surface area contributed by atoms with Gasteiger partial charge in [-0.25, -0.2) is 0 Å². The van der Waals surface area contributed by atoms with Crippen molar-refractivity contribution < 1.29 is 153 Å². The van der Waals surface area contributed by atoms with E-state index >= 15 is 0 Å². The quantitative estimate of drug-likeness (QED) is 0.398. The van der Waals surface area contributed by atoms with Crippen molar-refractivity contribution in [1.82, 2.24) is 0 Å². The van der Waals surface area contributed by atoms with Gasteiger partial charge in [0.15, 0.2) is 0 Å². The molecule has 0 aliphatic rings. The summed E-state index contributed by atoms with van der Waals surface area (Å²) in [4.78, 5) is 8.33. The van der Waals surface area contributed by atoms with Gasteiger partial charge in [0.1, 0.15) is 0 Å². The van der Waals surface area contributed by atoms with E-state index < -0.39 is 6.16 Å². The maximum atomic E-state index is 8.33. The first kappa shape index (κ1) is 29.9. The monoisotopic (exact) mass is 370 g/mol. The SMILES string of the molecule is O=C([O-])[O-].[Au+].[Cl-].[K+].[K+]. The third-order valence-electron chi connectivity index (χ3n) is 0. The maximum Gasteiger partial charge on any atom is 1.00 e. The normalized spacial score (nSPS) is 3.00. The van der Waals surface area contributed by atoms with Crippen LogP contribution in [0.15, 0.2) is 0 Å². The van der Waals surface area contributed by atoms with Crippen molar-refractivity contribution in [2.24, 2.45) is 0 Å². The van der Waals surface area contributed by atoms with Gasteiger partial charge < -0.3 is 27.4 Å². The molecule has 0 aromatic rings. The Morgan fingerprint density at radius 1 is 1.12 bits per heavy atom. The molecule has 42 valence electrons. The zero-order chi connectivity index (χ0) is 3.58. The van der Waals surface area contributed by atoms with Gasteiger partial charge in [-0.05, 0) is 6.16 Å². The first-order valence-corrected chi connectivity index (χ1v) is 0.612. The van der Waals surface area contributed by atoms with E-state index in [4.69, 9.17) is 15.0 Å². The van der Waals surface area contributed by atoms with Crippen LogP contribution in [0, 0.1) is 0 Å². The fraction of sp³-hybridized carbons (Fsp3) is 0. The molecule has 0 rings (SSSR count). The summed E-state index contributed by atoms with van der Waals surface area (Å²) in [5.74, 6) is 0. The molecule has 0 fully saturated rings. The third-order valence-corrected chi connectivity index (χ3v) is 0. The van der Waals surface area contributed by atoms with Crippen molar-refractivity contribution in [3.8, 4) is 0 Å². The second kappa shape index (κ2) is 22.4. The number of halogens is 1. The van der Waals surface area contributed by atoms with Gasteiger partial charge >= 0.3 is 125 Å². The Balaban J connectivity index is -0.00000000750. The zero-order valence-corrected chi connectivity index (χ0v) is 13.6. The van der Waals surface area contributed by atoms with E-state index in [9.17, 15) is 0 Å². The van der Waals surface area contributed by atoms with E-state index in [2.05, 4.69) is 0 Å². The van der Waals surface area contributed by atoms with Gasteiger partial charge in [0.25, 0.3) is 0 Å². The van der Waals surface area contributed by atoms with E-state index in [1.165, 1.54) is 0 Å². The van der Waals surface area contributed by atoms with E-state index in [1.54, 1.807) is 0 Å². The smallest absolute Gasteiger partial charge is 1.00 e. The molecule has 8 heavy (non-hydrogen) atoms. The minimum absolute atomic E-state index is 0. The predicted molar refractivity (Wildman–Crippen MR) is 5.40 cm³/mol. The molecule has 0 radical (unpaired) electrons. The molecule has 0 saturated carbocycles. The molecular weight excluding hydrogens is 371 g/mol. The van der Waals surface area contributed by atoms with Gasteiger partial charge in [0.2, 0.25) is 0 Å². The van der Waals surface area contributed by atoms with E-state index in [0.717, 1.165) is 0 Å². The molecule has 0 bridgehead atoms. The third kappa shape index (κ3) is 55.1. The fourth-order valence-electron chi connectivity index (χ4n) is 0. The van der Waals surface area contributed by atoms with Crippen molar-refractivity contribution in [2.75, 3.05) is 0 Å². The molecule has 0 saturated heterocycles. The molecule has 0 aromatic carbocycles. The molecule has 0 heterocycles. The Bertz CT molecular complexity index is 40.3. The van der Waals surface area contributed by atoms with Crippen molar-refractivity contribution >= 4 is 6.16 Å². The molecule has 0 aliphatic heterocycles. The van der Waals surface area contributed by atoms with Gasteiger partial charge in [0.05, 0.1) is 0 Å². The van der Waals surface area contributed by atoms with Crippen LogP contribution in [-0.2, 0) is 22.4 Å². The molecule has 7 heteroatoms.